The van der Waals surface area contributed by atoms with Crippen LogP contribution in [0.3, 0.4) is 0 Å². The van der Waals surface area contributed by atoms with E-state index in [1.165, 1.54) is 11.1 Å². The first-order valence-corrected chi connectivity index (χ1v) is 6.42. The molecule has 1 rings (SSSR count). The molecule has 2 N–H and O–H groups in total. The van der Waals surface area contributed by atoms with E-state index in [1.54, 1.807) is 0 Å². The number of benzene rings is 1. The van der Waals surface area contributed by atoms with Crippen LogP contribution < -0.4 is 10.5 Å². The molecule has 0 saturated heterocycles. The lowest BCUT2D eigenvalue weighted by Crippen LogP contribution is -2.01. The van der Waals surface area contributed by atoms with Gasteiger partial charge in [-0.3, -0.25) is 0 Å². The smallest absolute Gasteiger partial charge is 0.119 e. The van der Waals surface area contributed by atoms with Gasteiger partial charge in [-0.05, 0) is 30.5 Å². The highest BCUT2D eigenvalue weighted by Crippen LogP contribution is 2.15. The van der Waals surface area contributed by atoms with Gasteiger partial charge in [0, 0.05) is 6.54 Å². The summed E-state index contributed by atoms with van der Waals surface area (Å²) in [4.78, 5) is 0. The molecule has 2 heteroatoms. The Kier molecular flexibility index (Phi) is 6.41. The lowest BCUT2D eigenvalue weighted by molar-refractivity contribution is 0.309. The van der Waals surface area contributed by atoms with E-state index in [1.807, 2.05) is 12.1 Å². The molecular formula is C15H23NO. The molecule has 1 aromatic carbocycles. The van der Waals surface area contributed by atoms with E-state index in [9.17, 15) is 0 Å². The van der Waals surface area contributed by atoms with E-state index in [-0.39, 0.29) is 0 Å². The molecule has 0 aliphatic rings. The van der Waals surface area contributed by atoms with E-state index in [2.05, 4.69) is 32.1 Å². The summed E-state index contributed by atoms with van der Waals surface area (Å²) >= 11 is 0. The molecule has 0 aromatic heterocycles. The Morgan fingerprint density at radius 2 is 1.94 bits per heavy atom. The van der Waals surface area contributed by atoms with Crippen LogP contribution in [-0.4, -0.2) is 13.2 Å². The van der Waals surface area contributed by atoms with Crippen LogP contribution >= 0.6 is 0 Å². The Labute approximate surface area is 104 Å². The highest BCUT2D eigenvalue weighted by molar-refractivity contribution is 5.54. The quantitative estimate of drug-likeness (QED) is 0.730. The normalized spacial score (nSPS) is 11.6. The van der Waals surface area contributed by atoms with Crippen molar-refractivity contribution in [2.75, 3.05) is 13.2 Å². The Balaban J connectivity index is 2.58. The minimum atomic E-state index is 0.630. The minimum Gasteiger partial charge on any atom is -0.494 e. The predicted octanol–water partition coefficient (Wildman–Crippen LogP) is 3.62. The minimum absolute atomic E-state index is 0.630. The molecule has 0 unspecified atom stereocenters. The third-order valence-electron chi connectivity index (χ3n) is 2.73. The summed E-state index contributed by atoms with van der Waals surface area (Å²) in [5, 5.41) is 0. The van der Waals surface area contributed by atoms with Crippen molar-refractivity contribution in [2.45, 2.75) is 33.1 Å². The van der Waals surface area contributed by atoms with Crippen LogP contribution in [0.1, 0.15) is 38.7 Å². The summed E-state index contributed by atoms with van der Waals surface area (Å²) < 4.78 is 5.61. The van der Waals surface area contributed by atoms with Crippen molar-refractivity contribution in [3.05, 3.63) is 35.4 Å². The van der Waals surface area contributed by atoms with Gasteiger partial charge in [-0.1, -0.05) is 44.1 Å². The average molecular weight is 233 g/mol. The van der Waals surface area contributed by atoms with Gasteiger partial charge in [-0.2, -0.15) is 0 Å². The van der Waals surface area contributed by atoms with Gasteiger partial charge in [0.2, 0.25) is 0 Å². The Bertz CT molecular complexity index is 334. The molecule has 0 spiro atoms. The highest BCUT2D eigenvalue weighted by atomic mass is 16.5. The fraction of sp³-hybridized carbons (Fsp3) is 0.467. The molecule has 0 saturated carbocycles. The van der Waals surface area contributed by atoms with Gasteiger partial charge >= 0.3 is 0 Å². The molecule has 0 atom stereocenters. The molecule has 94 valence electrons. The second-order valence-electron chi connectivity index (χ2n) is 4.13. The van der Waals surface area contributed by atoms with E-state index in [0.717, 1.165) is 31.6 Å². The monoisotopic (exact) mass is 233 g/mol. The third kappa shape index (κ3) is 5.05. The molecule has 17 heavy (non-hydrogen) atoms. The van der Waals surface area contributed by atoms with Gasteiger partial charge in [-0.25, -0.2) is 0 Å². The van der Waals surface area contributed by atoms with Crippen LogP contribution in [-0.2, 0) is 0 Å². The zero-order valence-corrected chi connectivity index (χ0v) is 10.9. The lowest BCUT2D eigenvalue weighted by Gasteiger charge is -2.06. The van der Waals surface area contributed by atoms with E-state index in [4.69, 9.17) is 10.5 Å². The molecule has 0 aliphatic heterocycles. The number of ether oxygens (including phenoxy) is 1. The van der Waals surface area contributed by atoms with E-state index < -0.39 is 0 Å². The molecule has 0 heterocycles. The summed E-state index contributed by atoms with van der Waals surface area (Å²) in [5.74, 6) is 0.946. The first-order valence-electron chi connectivity index (χ1n) is 6.42. The fourth-order valence-corrected chi connectivity index (χ4v) is 1.54. The van der Waals surface area contributed by atoms with Gasteiger partial charge in [0.15, 0.2) is 0 Å². The van der Waals surface area contributed by atoms with Crippen LogP contribution in [0, 0.1) is 0 Å². The van der Waals surface area contributed by atoms with Crippen LogP contribution in [0.5, 0.6) is 5.75 Å². The van der Waals surface area contributed by atoms with Crippen molar-refractivity contribution >= 4 is 6.08 Å². The maximum absolute atomic E-state index is 5.65. The van der Waals surface area contributed by atoms with Crippen molar-refractivity contribution in [2.24, 2.45) is 5.73 Å². The average Bonchev–Trinajstić information content (AvgIpc) is 2.38. The Morgan fingerprint density at radius 1 is 1.24 bits per heavy atom. The highest BCUT2D eigenvalue weighted by Gasteiger charge is 1.95. The molecule has 0 fully saturated rings. The van der Waals surface area contributed by atoms with Gasteiger partial charge in [0.1, 0.15) is 5.75 Å². The lowest BCUT2D eigenvalue weighted by atomic mass is 10.1. The zero-order valence-electron chi connectivity index (χ0n) is 10.9. The van der Waals surface area contributed by atoms with E-state index >= 15 is 0 Å². The standard InChI is InChI=1S/C15H23NO/c1-3-5-10-17-15-8-6-14(7-9-15)11-13(4-2)12-16/h6-9,11H,3-5,10,12,16H2,1-2H3. The molecule has 0 amide bonds. The first-order chi connectivity index (χ1) is 8.30. The number of hydrogen-bond acceptors (Lipinski definition) is 2. The molecule has 1 aromatic rings. The maximum atomic E-state index is 5.65. The molecule has 0 bridgehead atoms. The van der Waals surface area contributed by atoms with Crippen LogP contribution in [0.25, 0.3) is 6.08 Å². The maximum Gasteiger partial charge on any atom is 0.119 e. The number of nitrogens with two attached hydrogens (primary N) is 1. The second-order valence-corrected chi connectivity index (χ2v) is 4.13. The van der Waals surface area contributed by atoms with Crippen molar-refractivity contribution in [1.29, 1.82) is 0 Å². The van der Waals surface area contributed by atoms with E-state index in [0.29, 0.717) is 6.54 Å². The summed E-state index contributed by atoms with van der Waals surface area (Å²) in [6, 6.07) is 8.19. The second kappa shape index (κ2) is 7.91. The van der Waals surface area contributed by atoms with Crippen molar-refractivity contribution in [3.63, 3.8) is 0 Å². The van der Waals surface area contributed by atoms with Gasteiger partial charge < -0.3 is 10.5 Å². The predicted molar refractivity (Wildman–Crippen MR) is 74.2 cm³/mol. The topological polar surface area (TPSA) is 35.2 Å². The molecular weight excluding hydrogens is 210 g/mol. The van der Waals surface area contributed by atoms with Crippen LogP contribution in [0.2, 0.25) is 0 Å². The van der Waals surface area contributed by atoms with Gasteiger partial charge in [-0.15, -0.1) is 0 Å². The first kappa shape index (κ1) is 13.8. The van der Waals surface area contributed by atoms with Crippen molar-refractivity contribution < 1.29 is 4.74 Å². The Hall–Kier alpha value is -1.28. The summed E-state index contributed by atoms with van der Waals surface area (Å²) in [5.41, 5.74) is 8.11. The third-order valence-corrected chi connectivity index (χ3v) is 2.73. The molecule has 0 radical (unpaired) electrons. The zero-order chi connectivity index (χ0) is 12.5. The Morgan fingerprint density at radius 3 is 2.47 bits per heavy atom. The summed E-state index contributed by atoms with van der Waals surface area (Å²) in [6.45, 7) is 5.72. The molecule has 0 aliphatic carbocycles. The van der Waals surface area contributed by atoms with Gasteiger partial charge in [0.05, 0.1) is 6.61 Å². The van der Waals surface area contributed by atoms with Crippen molar-refractivity contribution in [1.82, 2.24) is 0 Å². The number of rotatable bonds is 7. The largest absolute Gasteiger partial charge is 0.494 e. The van der Waals surface area contributed by atoms with Crippen molar-refractivity contribution in [3.8, 4) is 5.75 Å². The van der Waals surface area contributed by atoms with Crippen LogP contribution in [0.4, 0.5) is 0 Å². The SMILES string of the molecule is CCCCOc1ccc(C=C(CC)CN)cc1. The number of unbranched alkanes of at least 4 members (excludes halogenated alkanes) is 1. The van der Waals surface area contributed by atoms with Gasteiger partial charge in [0.25, 0.3) is 0 Å². The van der Waals surface area contributed by atoms with Crippen LogP contribution in [0.15, 0.2) is 29.8 Å². The summed E-state index contributed by atoms with van der Waals surface area (Å²) in [7, 11) is 0. The molecule has 2 nitrogen and oxygen atoms in total. The summed E-state index contributed by atoms with van der Waals surface area (Å²) in [6.07, 6.45) is 5.42. The fourth-order valence-electron chi connectivity index (χ4n) is 1.54. The number of hydrogen-bond donors (Lipinski definition) is 1.